The van der Waals surface area contributed by atoms with Crippen LogP contribution in [0.15, 0.2) is 5.38 Å². The van der Waals surface area contributed by atoms with E-state index in [1.54, 1.807) is 11.3 Å². The predicted octanol–water partition coefficient (Wildman–Crippen LogP) is 2.73. The predicted molar refractivity (Wildman–Crippen MR) is 76.0 cm³/mol. The quantitative estimate of drug-likeness (QED) is 0.911. The molecule has 0 amide bonds. The Balaban J connectivity index is 1.56. The Morgan fingerprint density at radius 3 is 3.11 bits per heavy atom. The summed E-state index contributed by atoms with van der Waals surface area (Å²) in [6, 6.07) is 1.94. The molecule has 2 saturated heterocycles. The molecule has 0 bridgehead atoms. The number of fused-ring (bicyclic) bond motifs is 1. The molecule has 1 N–H and O–H groups in total. The van der Waals surface area contributed by atoms with Crippen LogP contribution < -0.4 is 5.32 Å². The highest BCUT2D eigenvalue weighted by Gasteiger charge is 2.32. The molecule has 3 nitrogen and oxygen atoms in total. The summed E-state index contributed by atoms with van der Waals surface area (Å²) in [5.41, 5.74) is 1.15. The van der Waals surface area contributed by atoms with Crippen molar-refractivity contribution in [2.24, 2.45) is 0 Å². The lowest BCUT2D eigenvalue weighted by molar-refractivity contribution is 0.162. The van der Waals surface area contributed by atoms with Crippen molar-refractivity contribution in [1.29, 1.82) is 0 Å². The van der Waals surface area contributed by atoms with Gasteiger partial charge in [-0.2, -0.15) is 0 Å². The van der Waals surface area contributed by atoms with Crippen LogP contribution in [0.2, 0.25) is 0 Å². The lowest BCUT2D eigenvalue weighted by Crippen LogP contribution is -2.46. The summed E-state index contributed by atoms with van der Waals surface area (Å²) in [7, 11) is 0. The van der Waals surface area contributed by atoms with E-state index in [4.69, 9.17) is 0 Å². The van der Waals surface area contributed by atoms with E-state index in [1.807, 2.05) is 0 Å². The van der Waals surface area contributed by atoms with E-state index < -0.39 is 0 Å². The number of piperidine rings is 1. The standard InChI is InChI=1S/C14H23N3S/c1-10-9-18-14(15-10)11(2)16-12-5-7-17-6-3-4-13(17)8-12/h9,11-13,16H,3-8H2,1-2H3. The Bertz CT molecular complexity index is 403. The van der Waals surface area contributed by atoms with Gasteiger partial charge in [-0.05, 0) is 52.6 Å². The van der Waals surface area contributed by atoms with Gasteiger partial charge in [-0.3, -0.25) is 0 Å². The maximum atomic E-state index is 4.59. The Kier molecular flexibility index (Phi) is 3.68. The van der Waals surface area contributed by atoms with Gasteiger partial charge in [0.25, 0.3) is 0 Å². The molecule has 3 unspecified atom stereocenters. The largest absolute Gasteiger partial charge is 0.305 e. The monoisotopic (exact) mass is 265 g/mol. The maximum Gasteiger partial charge on any atom is 0.110 e. The zero-order valence-corrected chi connectivity index (χ0v) is 12.2. The summed E-state index contributed by atoms with van der Waals surface area (Å²) in [5.74, 6) is 0. The van der Waals surface area contributed by atoms with Crippen molar-refractivity contribution in [2.75, 3.05) is 13.1 Å². The molecule has 0 saturated carbocycles. The van der Waals surface area contributed by atoms with Crippen molar-refractivity contribution in [3.8, 4) is 0 Å². The highest BCUT2D eigenvalue weighted by molar-refractivity contribution is 7.09. The minimum atomic E-state index is 0.404. The summed E-state index contributed by atoms with van der Waals surface area (Å²) in [6.45, 7) is 6.94. The van der Waals surface area contributed by atoms with E-state index in [2.05, 4.69) is 34.4 Å². The number of aromatic nitrogens is 1. The second-order valence-electron chi connectivity index (χ2n) is 5.77. The Hall–Kier alpha value is -0.450. The van der Waals surface area contributed by atoms with Crippen LogP contribution >= 0.6 is 11.3 Å². The number of nitrogens with zero attached hydrogens (tertiary/aromatic N) is 2. The zero-order valence-electron chi connectivity index (χ0n) is 11.4. The Labute approximate surface area is 114 Å². The normalized spacial score (nSPS) is 30.3. The van der Waals surface area contributed by atoms with Crippen LogP contribution in [0, 0.1) is 6.92 Å². The molecule has 0 spiro atoms. The molecule has 2 aliphatic heterocycles. The zero-order chi connectivity index (χ0) is 12.5. The van der Waals surface area contributed by atoms with Gasteiger partial charge >= 0.3 is 0 Å². The van der Waals surface area contributed by atoms with Crippen molar-refractivity contribution >= 4 is 11.3 Å². The molecule has 0 aliphatic carbocycles. The van der Waals surface area contributed by atoms with Crippen LogP contribution in [0.25, 0.3) is 0 Å². The smallest absolute Gasteiger partial charge is 0.110 e. The van der Waals surface area contributed by atoms with Crippen molar-refractivity contribution in [3.05, 3.63) is 16.1 Å². The van der Waals surface area contributed by atoms with Crippen LogP contribution in [-0.2, 0) is 0 Å². The molecule has 3 atom stereocenters. The topological polar surface area (TPSA) is 28.2 Å². The van der Waals surface area contributed by atoms with E-state index in [-0.39, 0.29) is 0 Å². The maximum absolute atomic E-state index is 4.59. The molecule has 1 aromatic heterocycles. The average Bonchev–Trinajstić information content (AvgIpc) is 2.96. The van der Waals surface area contributed by atoms with Crippen molar-refractivity contribution in [1.82, 2.24) is 15.2 Å². The van der Waals surface area contributed by atoms with Gasteiger partial charge in [-0.25, -0.2) is 4.98 Å². The molecular formula is C14H23N3S. The van der Waals surface area contributed by atoms with E-state index >= 15 is 0 Å². The van der Waals surface area contributed by atoms with Crippen molar-refractivity contribution < 1.29 is 0 Å². The van der Waals surface area contributed by atoms with Crippen LogP contribution in [0.5, 0.6) is 0 Å². The summed E-state index contributed by atoms with van der Waals surface area (Å²) < 4.78 is 0. The van der Waals surface area contributed by atoms with E-state index in [0.717, 1.165) is 11.7 Å². The van der Waals surface area contributed by atoms with Crippen LogP contribution in [0.3, 0.4) is 0 Å². The highest BCUT2D eigenvalue weighted by Crippen LogP contribution is 2.28. The van der Waals surface area contributed by atoms with Crippen LogP contribution in [-0.4, -0.2) is 35.1 Å². The lowest BCUT2D eigenvalue weighted by Gasteiger charge is -2.36. The summed E-state index contributed by atoms with van der Waals surface area (Å²) in [6.07, 6.45) is 5.43. The number of thiazole rings is 1. The number of nitrogens with one attached hydrogen (secondary N) is 1. The number of rotatable bonds is 3. The molecular weight excluding hydrogens is 242 g/mol. The fraction of sp³-hybridized carbons (Fsp3) is 0.786. The van der Waals surface area contributed by atoms with Gasteiger partial charge in [0.05, 0.1) is 6.04 Å². The fourth-order valence-electron chi connectivity index (χ4n) is 3.37. The van der Waals surface area contributed by atoms with Gasteiger partial charge in [0.15, 0.2) is 0 Å². The first-order valence-corrected chi connectivity index (χ1v) is 8.02. The lowest BCUT2D eigenvalue weighted by atomic mass is 9.97. The molecule has 2 aliphatic rings. The van der Waals surface area contributed by atoms with E-state index in [0.29, 0.717) is 12.1 Å². The van der Waals surface area contributed by atoms with E-state index in [1.165, 1.54) is 43.8 Å². The minimum Gasteiger partial charge on any atom is -0.305 e. The molecule has 2 fully saturated rings. The minimum absolute atomic E-state index is 0.404. The SMILES string of the molecule is Cc1csc(C(C)NC2CCN3CCCC3C2)n1. The van der Waals surface area contributed by atoms with Gasteiger partial charge in [-0.1, -0.05) is 0 Å². The van der Waals surface area contributed by atoms with Gasteiger partial charge in [0.2, 0.25) is 0 Å². The second kappa shape index (κ2) is 5.27. The third-order valence-corrected chi connectivity index (χ3v) is 5.46. The second-order valence-corrected chi connectivity index (χ2v) is 6.66. The molecule has 3 heterocycles. The number of aryl methyl sites for hydroxylation is 1. The molecule has 3 rings (SSSR count). The molecule has 0 aromatic carbocycles. The first-order valence-electron chi connectivity index (χ1n) is 7.14. The van der Waals surface area contributed by atoms with Crippen molar-refractivity contribution in [2.45, 2.75) is 57.7 Å². The van der Waals surface area contributed by atoms with Crippen molar-refractivity contribution in [3.63, 3.8) is 0 Å². The third kappa shape index (κ3) is 2.60. The molecule has 1 aromatic rings. The van der Waals surface area contributed by atoms with Crippen LogP contribution in [0.1, 0.15) is 49.4 Å². The Morgan fingerprint density at radius 2 is 2.33 bits per heavy atom. The molecule has 18 heavy (non-hydrogen) atoms. The Morgan fingerprint density at radius 1 is 1.44 bits per heavy atom. The molecule has 0 radical (unpaired) electrons. The fourth-order valence-corrected chi connectivity index (χ4v) is 4.18. The molecule has 4 heteroatoms. The van der Waals surface area contributed by atoms with Gasteiger partial charge in [0.1, 0.15) is 5.01 Å². The molecule has 100 valence electrons. The van der Waals surface area contributed by atoms with Gasteiger partial charge < -0.3 is 10.2 Å². The first kappa shape index (κ1) is 12.6. The van der Waals surface area contributed by atoms with Gasteiger partial charge in [-0.15, -0.1) is 11.3 Å². The van der Waals surface area contributed by atoms with Gasteiger partial charge in [0, 0.05) is 23.2 Å². The number of hydrogen-bond acceptors (Lipinski definition) is 4. The number of hydrogen-bond donors (Lipinski definition) is 1. The third-order valence-electron chi connectivity index (χ3n) is 4.31. The summed E-state index contributed by atoms with van der Waals surface area (Å²) in [5, 5.41) is 7.17. The van der Waals surface area contributed by atoms with Crippen LogP contribution in [0.4, 0.5) is 0 Å². The van der Waals surface area contributed by atoms with E-state index in [9.17, 15) is 0 Å². The summed E-state index contributed by atoms with van der Waals surface area (Å²) >= 11 is 1.78. The first-order chi connectivity index (χ1) is 8.72. The highest BCUT2D eigenvalue weighted by atomic mass is 32.1. The average molecular weight is 265 g/mol. The summed E-state index contributed by atoms with van der Waals surface area (Å²) in [4.78, 5) is 7.27.